The number of carbonyl (C=O) groups is 1. The lowest BCUT2D eigenvalue weighted by molar-refractivity contribution is -0.126. The van der Waals surface area contributed by atoms with Crippen LogP contribution in [-0.4, -0.2) is 38.8 Å². The summed E-state index contributed by atoms with van der Waals surface area (Å²) in [5.41, 5.74) is 1.07. The van der Waals surface area contributed by atoms with Gasteiger partial charge >= 0.3 is 0 Å². The molecule has 0 radical (unpaired) electrons. The summed E-state index contributed by atoms with van der Waals surface area (Å²) in [7, 11) is -2.16. The van der Waals surface area contributed by atoms with Crippen LogP contribution in [0.4, 0.5) is 0 Å². The largest absolute Gasteiger partial charge is 0.497 e. The van der Waals surface area contributed by atoms with E-state index in [2.05, 4.69) is 5.32 Å². The summed E-state index contributed by atoms with van der Waals surface area (Å²) in [6, 6.07) is 15.6. The number of piperidine rings is 1. The van der Waals surface area contributed by atoms with Crippen molar-refractivity contribution < 1.29 is 17.9 Å². The van der Waals surface area contributed by atoms with E-state index in [1.807, 2.05) is 30.3 Å². The van der Waals surface area contributed by atoms with Crippen molar-refractivity contribution in [3.8, 4) is 11.8 Å². The van der Waals surface area contributed by atoms with E-state index in [4.69, 9.17) is 4.74 Å². The maximum Gasteiger partial charge on any atom is 0.244 e. The number of hydrogen-bond acceptors (Lipinski definition) is 5. The number of amides is 1. The quantitative estimate of drug-likeness (QED) is 0.783. The first-order valence-electron chi connectivity index (χ1n) is 9.35. The van der Waals surface area contributed by atoms with Crippen LogP contribution in [0.2, 0.25) is 0 Å². The van der Waals surface area contributed by atoms with Crippen LogP contribution < -0.4 is 10.1 Å². The van der Waals surface area contributed by atoms with Gasteiger partial charge in [-0.15, -0.1) is 0 Å². The zero-order valence-corrected chi connectivity index (χ0v) is 17.0. The van der Waals surface area contributed by atoms with Crippen LogP contribution in [0.3, 0.4) is 0 Å². The molecule has 29 heavy (non-hydrogen) atoms. The summed E-state index contributed by atoms with van der Waals surface area (Å²) in [6.07, 6.45) is 0.885. The van der Waals surface area contributed by atoms with Gasteiger partial charge in [-0.25, -0.2) is 8.42 Å². The molecule has 0 aliphatic carbocycles. The highest BCUT2D eigenvalue weighted by Crippen LogP contribution is 2.26. The predicted molar refractivity (Wildman–Crippen MR) is 107 cm³/mol. The maximum atomic E-state index is 12.9. The Morgan fingerprint density at radius 3 is 2.62 bits per heavy atom. The van der Waals surface area contributed by atoms with Gasteiger partial charge in [0.05, 0.1) is 17.6 Å². The Kier molecular flexibility index (Phi) is 6.52. The SMILES string of the molecule is COc1cccc(CNC(=O)C2CCN(S(=O)(=O)c3ccccc3C#N)CC2)c1. The second kappa shape index (κ2) is 9.07. The fraction of sp³-hybridized carbons (Fsp3) is 0.333. The average Bonchev–Trinajstić information content (AvgIpc) is 2.77. The number of sulfonamides is 1. The third kappa shape index (κ3) is 4.75. The van der Waals surface area contributed by atoms with E-state index >= 15 is 0 Å². The first-order valence-corrected chi connectivity index (χ1v) is 10.8. The summed E-state index contributed by atoms with van der Waals surface area (Å²) < 4.78 is 32.3. The number of carbonyl (C=O) groups excluding carboxylic acids is 1. The second-order valence-electron chi connectivity index (χ2n) is 6.86. The number of hydrogen-bond donors (Lipinski definition) is 1. The molecule has 1 saturated heterocycles. The van der Waals surface area contributed by atoms with Gasteiger partial charge in [0.25, 0.3) is 0 Å². The topological polar surface area (TPSA) is 99.5 Å². The monoisotopic (exact) mass is 413 g/mol. The zero-order valence-electron chi connectivity index (χ0n) is 16.2. The summed E-state index contributed by atoms with van der Waals surface area (Å²) >= 11 is 0. The zero-order chi connectivity index (χ0) is 20.9. The Labute approximate surface area is 171 Å². The molecule has 1 fully saturated rings. The molecular formula is C21H23N3O4S. The molecule has 8 heteroatoms. The van der Waals surface area contributed by atoms with E-state index in [9.17, 15) is 18.5 Å². The van der Waals surface area contributed by atoms with E-state index in [1.54, 1.807) is 19.2 Å². The van der Waals surface area contributed by atoms with Crippen molar-refractivity contribution in [3.05, 3.63) is 59.7 Å². The number of nitriles is 1. The van der Waals surface area contributed by atoms with Crippen molar-refractivity contribution in [2.45, 2.75) is 24.3 Å². The first kappa shape index (κ1) is 20.8. The molecule has 1 heterocycles. The lowest BCUT2D eigenvalue weighted by atomic mass is 9.97. The van der Waals surface area contributed by atoms with E-state index in [0.717, 1.165) is 11.3 Å². The molecule has 3 rings (SSSR count). The van der Waals surface area contributed by atoms with Crippen molar-refractivity contribution in [1.29, 1.82) is 5.26 Å². The molecule has 2 aromatic carbocycles. The molecule has 0 atom stereocenters. The lowest BCUT2D eigenvalue weighted by Crippen LogP contribution is -2.43. The van der Waals surface area contributed by atoms with Crippen molar-refractivity contribution >= 4 is 15.9 Å². The summed E-state index contributed by atoms with van der Waals surface area (Å²) in [6.45, 7) is 0.892. The van der Waals surface area contributed by atoms with Gasteiger partial charge in [-0.2, -0.15) is 9.57 Å². The molecule has 0 saturated carbocycles. The van der Waals surface area contributed by atoms with Gasteiger partial charge in [0.15, 0.2) is 0 Å². The van der Waals surface area contributed by atoms with Crippen molar-refractivity contribution in [1.82, 2.24) is 9.62 Å². The molecule has 1 aliphatic heterocycles. The molecule has 1 aliphatic rings. The molecule has 0 unspecified atom stereocenters. The highest BCUT2D eigenvalue weighted by molar-refractivity contribution is 7.89. The number of methoxy groups -OCH3 is 1. The van der Waals surface area contributed by atoms with Crippen molar-refractivity contribution in [2.75, 3.05) is 20.2 Å². The Morgan fingerprint density at radius 2 is 1.93 bits per heavy atom. The van der Waals surface area contributed by atoms with Gasteiger partial charge in [0, 0.05) is 25.6 Å². The number of ether oxygens (including phenoxy) is 1. The highest BCUT2D eigenvalue weighted by Gasteiger charge is 2.33. The van der Waals surface area contributed by atoms with Crippen LogP contribution in [0.5, 0.6) is 5.75 Å². The smallest absolute Gasteiger partial charge is 0.244 e. The normalized spacial score (nSPS) is 15.4. The number of benzene rings is 2. The third-order valence-electron chi connectivity index (χ3n) is 5.05. The summed E-state index contributed by atoms with van der Waals surface area (Å²) in [5.74, 6) is 0.411. The minimum Gasteiger partial charge on any atom is -0.497 e. The van der Waals surface area contributed by atoms with Crippen LogP contribution >= 0.6 is 0 Å². The molecular weight excluding hydrogens is 390 g/mol. The van der Waals surface area contributed by atoms with Gasteiger partial charge in [-0.1, -0.05) is 24.3 Å². The molecule has 0 aromatic heterocycles. The molecule has 152 valence electrons. The number of nitrogens with one attached hydrogen (secondary N) is 1. The third-order valence-corrected chi connectivity index (χ3v) is 7.01. The molecule has 1 N–H and O–H groups in total. The second-order valence-corrected chi connectivity index (χ2v) is 8.76. The summed E-state index contributed by atoms with van der Waals surface area (Å²) in [4.78, 5) is 12.5. The molecule has 7 nitrogen and oxygen atoms in total. The molecule has 1 amide bonds. The Hall–Kier alpha value is -2.89. The van der Waals surface area contributed by atoms with Gasteiger partial charge in [-0.05, 0) is 42.7 Å². The predicted octanol–water partition coefficient (Wildman–Crippen LogP) is 2.28. The van der Waals surface area contributed by atoms with Gasteiger partial charge in [0.2, 0.25) is 15.9 Å². The van der Waals surface area contributed by atoms with Crippen molar-refractivity contribution in [3.63, 3.8) is 0 Å². The van der Waals surface area contributed by atoms with Crippen LogP contribution in [0.15, 0.2) is 53.4 Å². The number of rotatable bonds is 6. The average molecular weight is 413 g/mol. The van der Waals surface area contributed by atoms with E-state index in [-0.39, 0.29) is 35.4 Å². The first-order chi connectivity index (χ1) is 14.0. The van der Waals surface area contributed by atoms with Crippen LogP contribution in [0, 0.1) is 17.2 Å². The van der Waals surface area contributed by atoms with Gasteiger partial charge < -0.3 is 10.1 Å². The van der Waals surface area contributed by atoms with Crippen LogP contribution in [-0.2, 0) is 21.4 Å². The summed E-state index contributed by atoms with van der Waals surface area (Å²) in [5, 5.41) is 12.1. The fourth-order valence-corrected chi connectivity index (χ4v) is 5.01. The van der Waals surface area contributed by atoms with E-state index in [0.29, 0.717) is 19.4 Å². The number of nitrogens with zero attached hydrogens (tertiary/aromatic N) is 2. The Balaban J connectivity index is 1.58. The standard InChI is InChI=1S/C21H23N3O4S/c1-28-19-7-4-5-16(13-19)15-23-21(25)17-9-11-24(12-10-17)29(26,27)20-8-3-2-6-18(20)14-22/h2-8,13,17H,9-12,15H2,1H3,(H,23,25). The van der Waals surface area contributed by atoms with Gasteiger partial charge in [-0.3, -0.25) is 4.79 Å². The van der Waals surface area contributed by atoms with Gasteiger partial charge in [0.1, 0.15) is 11.8 Å². The lowest BCUT2D eigenvalue weighted by Gasteiger charge is -2.30. The highest BCUT2D eigenvalue weighted by atomic mass is 32.2. The van der Waals surface area contributed by atoms with E-state index < -0.39 is 10.0 Å². The minimum absolute atomic E-state index is 0.0171. The molecule has 2 aromatic rings. The minimum atomic E-state index is -3.75. The maximum absolute atomic E-state index is 12.9. The van der Waals surface area contributed by atoms with Crippen LogP contribution in [0.1, 0.15) is 24.0 Å². The van der Waals surface area contributed by atoms with E-state index in [1.165, 1.54) is 16.4 Å². The Bertz CT molecular complexity index is 1020. The van der Waals surface area contributed by atoms with Crippen LogP contribution in [0.25, 0.3) is 0 Å². The fourth-order valence-electron chi connectivity index (χ4n) is 3.40. The Morgan fingerprint density at radius 1 is 1.21 bits per heavy atom. The molecule has 0 bridgehead atoms. The van der Waals surface area contributed by atoms with Crippen molar-refractivity contribution in [2.24, 2.45) is 5.92 Å². The molecule has 0 spiro atoms.